The minimum atomic E-state index is 0.278. The first-order valence-electron chi connectivity index (χ1n) is 15.1. The van der Waals surface area contributed by atoms with Crippen LogP contribution in [0.3, 0.4) is 0 Å². The highest BCUT2D eigenvalue weighted by molar-refractivity contribution is 6.19. The summed E-state index contributed by atoms with van der Waals surface area (Å²) in [6.45, 7) is 0. The van der Waals surface area contributed by atoms with Gasteiger partial charge in [-0.15, -0.1) is 0 Å². The van der Waals surface area contributed by atoms with Crippen molar-refractivity contribution in [2.75, 3.05) is 0 Å². The van der Waals surface area contributed by atoms with E-state index in [0.717, 1.165) is 17.6 Å². The molecule has 0 fully saturated rings. The molecule has 1 heteroatoms. The molecule has 8 aromatic rings. The fraction of sp³-hybridized carbons (Fsp3) is 0.0476. The number of para-hydroxylation sites is 1. The fourth-order valence-electron chi connectivity index (χ4n) is 7.34. The summed E-state index contributed by atoms with van der Waals surface area (Å²) in [5, 5.41) is 10.2. The third-order valence-electron chi connectivity index (χ3n) is 9.22. The van der Waals surface area contributed by atoms with Gasteiger partial charge in [-0.1, -0.05) is 140 Å². The lowest BCUT2D eigenvalue weighted by molar-refractivity contribution is 0.669. The average molecular weight is 549 g/mol. The number of furan rings is 1. The Kier molecular flexibility index (Phi) is 5.39. The molecule has 0 radical (unpaired) electrons. The van der Waals surface area contributed by atoms with Crippen LogP contribution in [-0.2, 0) is 0 Å². The van der Waals surface area contributed by atoms with Crippen LogP contribution in [0, 0.1) is 0 Å². The lowest BCUT2D eigenvalue weighted by Crippen LogP contribution is -2.02. The third kappa shape index (κ3) is 3.72. The van der Waals surface area contributed by atoms with Crippen LogP contribution in [0.1, 0.15) is 23.5 Å². The smallest absolute Gasteiger partial charge is 0.136 e. The molecule has 0 N–H and O–H groups in total. The minimum absolute atomic E-state index is 0.278. The van der Waals surface area contributed by atoms with Crippen molar-refractivity contribution in [1.82, 2.24) is 0 Å². The van der Waals surface area contributed by atoms with Crippen LogP contribution in [-0.4, -0.2) is 0 Å². The summed E-state index contributed by atoms with van der Waals surface area (Å²) in [4.78, 5) is 0. The van der Waals surface area contributed by atoms with Gasteiger partial charge < -0.3 is 4.42 Å². The highest BCUT2D eigenvalue weighted by Gasteiger charge is 2.22. The van der Waals surface area contributed by atoms with E-state index in [2.05, 4.69) is 146 Å². The predicted molar refractivity (Wildman–Crippen MR) is 183 cm³/mol. The van der Waals surface area contributed by atoms with Gasteiger partial charge in [0.1, 0.15) is 11.2 Å². The maximum Gasteiger partial charge on any atom is 0.136 e. The molecule has 0 aliphatic heterocycles. The molecular weight excluding hydrogens is 520 g/mol. The van der Waals surface area contributed by atoms with Crippen LogP contribution in [0.2, 0.25) is 0 Å². The topological polar surface area (TPSA) is 13.1 Å². The van der Waals surface area contributed by atoms with E-state index in [4.69, 9.17) is 4.42 Å². The second-order valence-electron chi connectivity index (χ2n) is 11.5. The van der Waals surface area contributed by atoms with Crippen molar-refractivity contribution in [2.24, 2.45) is 0 Å². The van der Waals surface area contributed by atoms with Crippen molar-refractivity contribution in [3.8, 4) is 11.1 Å². The number of rotatable bonds is 3. The lowest BCUT2D eigenvalue weighted by Gasteiger charge is -2.24. The van der Waals surface area contributed by atoms with Gasteiger partial charge in [-0.2, -0.15) is 0 Å². The zero-order valence-electron chi connectivity index (χ0n) is 23.6. The van der Waals surface area contributed by atoms with Gasteiger partial charge in [-0.25, -0.2) is 0 Å². The molecule has 0 spiro atoms. The van der Waals surface area contributed by atoms with Crippen molar-refractivity contribution in [2.45, 2.75) is 12.3 Å². The Labute approximate surface area is 250 Å². The fourth-order valence-corrected chi connectivity index (χ4v) is 7.34. The van der Waals surface area contributed by atoms with E-state index in [0.29, 0.717) is 0 Å². The zero-order chi connectivity index (χ0) is 28.3. The molecule has 1 aromatic heterocycles. The molecule has 0 bridgehead atoms. The largest absolute Gasteiger partial charge is 0.456 e. The number of fused-ring (bicyclic) bond motifs is 6. The van der Waals surface area contributed by atoms with Crippen LogP contribution in [0.4, 0.5) is 0 Å². The molecule has 1 atom stereocenters. The average Bonchev–Trinajstić information content (AvgIpc) is 3.46. The Morgan fingerprint density at radius 3 is 1.81 bits per heavy atom. The van der Waals surface area contributed by atoms with Crippen LogP contribution >= 0.6 is 0 Å². The van der Waals surface area contributed by atoms with Crippen LogP contribution < -0.4 is 0 Å². The maximum atomic E-state index is 6.19. The highest BCUT2D eigenvalue weighted by Crippen LogP contribution is 2.46. The second-order valence-corrected chi connectivity index (χ2v) is 11.5. The van der Waals surface area contributed by atoms with Crippen LogP contribution in [0.5, 0.6) is 0 Å². The summed E-state index contributed by atoms with van der Waals surface area (Å²) in [6, 6.07) is 48.1. The van der Waals surface area contributed by atoms with Gasteiger partial charge in [0, 0.05) is 16.7 Å². The first-order valence-corrected chi connectivity index (χ1v) is 15.1. The van der Waals surface area contributed by atoms with Gasteiger partial charge in [0.2, 0.25) is 0 Å². The molecule has 1 aliphatic carbocycles. The van der Waals surface area contributed by atoms with Gasteiger partial charge in [0.05, 0.1) is 0 Å². The van der Waals surface area contributed by atoms with Crippen LogP contribution in [0.25, 0.3) is 71.0 Å². The molecular formula is C42H28O. The molecule has 1 heterocycles. The molecule has 9 rings (SSSR count). The molecule has 0 amide bonds. The van der Waals surface area contributed by atoms with Crippen LogP contribution in [0.15, 0.2) is 156 Å². The number of hydrogen-bond donors (Lipinski definition) is 0. The Hall–Kier alpha value is -5.40. The van der Waals surface area contributed by atoms with E-state index >= 15 is 0 Å². The predicted octanol–water partition coefficient (Wildman–Crippen LogP) is 11.8. The number of allylic oxidation sites excluding steroid dienone is 4. The highest BCUT2D eigenvalue weighted by atomic mass is 16.3. The quantitative estimate of drug-likeness (QED) is 0.200. The number of benzene rings is 7. The third-order valence-corrected chi connectivity index (χ3v) is 9.22. The maximum absolute atomic E-state index is 6.19. The Morgan fingerprint density at radius 2 is 1.07 bits per heavy atom. The van der Waals surface area contributed by atoms with Crippen molar-refractivity contribution in [1.29, 1.82) is 0 Å². The summed E-state index contributed by atoms with van der Waals surface area (Å²) >= 11 is 0. The van der Waals surface area contributed by atoms with E-state index in [1.807, 2.05) is 6.07 Å². The summed E-state index contributed by atoms with van der Waals surface area (Å²) in [7, 11) is 0. The molecule has 0 saturated heterocycles. The first kappa shape index (κ1) is 24.2. The van der Waals surface area contributed by atoms with Gasteiger partial charge in [0.25, 0.3) is 0 Å². The van der Waals surface area contributed by atoms with E-state index in [-0.39, 0.29) is 5.92 Å². The summed E-state index contributed by atoms with van der Waals surface area (Å²) in [6.07, 6.45) is 8.11. The summed E-state index contributed by atoms with van der Waals surface area (Å²) in [5.41, 5.74) is 8.39. The van der Waals surface area contributed by atoms with E-state index < -0.39 is 0 Å². The van der Waals surface area contributed by atoms with Crippen molar-refractivity contribution < 1.29 is 4.42 Å². The van der Waals surface area contributed by atoms with E-state index in [1.54, 1.807) is 0 Å². The molecule has 1 unspecified atom stereocenters. The molecule has 43 heavy (non-hydrogen) atoms. The molecule has 1 aliphatic rings. The van der Waals surface area contributed by atoms with Gasteiger partial charge in [0.15, 0.2) is 0 Å². The minimum Gasteiger partial charge on any atom is -0.456 e. The molecule has 7 aromatic carbocycles. The molecule has 1 nitrogen and oxygen atoms in total. The molecule has 0 saturated carbocycles. The zero-order valence-corrected chi connectivity index (χ0v) is 23.6. The normalized spacial score (nSPS) is 15.2. The van der Waals surface area contributed by atoms with Gasteiger partial charge in [-0.3, -0.25) is 0 Å². The monoisotopic (exact) mass is 548 g/mol. The van der Waals surface area contributed by atoms with Gasteiger partial charge >= 0.3 is 0 Å². The van der Waals surface area contributed by atoms with Crippen molar-refractivity contribution in [3.63, 3.8) is 0 Å². The first-order chi connectivity index (χ1) is 21.3. The van der Waals surface area contributed by atoms with E-state index in [1.165, 1.54) is 70.9 Å². The lowest BCUT2D eigenvalue weighted by atomic mass is 9.80. The second kappa shape index (κ2) is 9.58. The Balaban J connectivity index is 1.22. The van der Waals surface area contributed by atoms with Gasteiger partial charge in [-0.05, 0) is 78.7 Å². The molecule has 202 valence electrons. The van der Waals surface area contributed by atoms with E-state index in [9.17, 15) is 0 Å². The number of hydrogen-bond acceptors (Lipinski definition) is 1. The Bertz CT molecular complexity index is 2370. The summed E-state index contributed by atoms with van der Waals surface area (Å²) in [5.74, 6) is 0.278. The summed E-state index contributed by atoms with van der Waals surface area (Å²) < 4.78 is 6.19. The SMILES string of the molecule is C1=CC(c2c3ccccc3c(-c3cccc4ccccc34)c3ccccc23)CC=C1c1cccc2oc3ccccc3c12. The Morgan fingerprint density at radius 1 is 0.488 bits per heavy atom. The van der Waals surface area contributed by atoms with Crippen molar-refractivity contribution >= 4 is 59.8 Å². The standard InChI is InChI=1S/C42H28O/c1-2-13-30-27(11-1)12-9-20-32(30)41-35-16-5-3-14-33(35)40(34-15-4-6-17-36(34)41)29-25-23-28(24-26-29)31-19-10-22-39-42(31)37-18-7-8-21-38(37)43-39/h1-25,29H,26H2. The van der Waals surface area contributed by atoms with Crippen molar-refractivity contribution in [3.05, 3.63) is 163 Å².